The molecule has 14 heteroatoms. The van der Waals surface area contributed by atoms with Crippen molar-refractivity contribution in [1.29, 1.82) is 0 Å². The summed E-state index contributed by atoms with van der Waals surface area (Å²) in [5.41, 5.74) is 6.65. The topological polar surface area (TPSA) is 127 Å². The average molecular weight is 773 g/mol. The van der Waals surface area contributed by atoms with Crippen LogP contribution in [-0.2, 0) is 33.1 Å². The molecule has 0 spiro atoms. The molecule has 1 unspecified atom stereocenters. The van der Waals surface area contributed by atoms with Crippen LogP contribution in [0.25, 0.3) is 10.9 Å². The van der Waals surface area contributed by atoms with Gasteiger partial charge in [0.05, 0.1) is 41.7 Å². The first-order valence-electron chi connectivity index (χ1n) is 18.7. The summed E-state index contributed by atoms with van der Waals surface area (Å²) in [6.07, 6.45) is 9.24. The summed E-state index contributed by atoms with van der Waals surface area (Å²) in [4.78, 5) is 20.9. The van der Waals surface area contributed by atoms with Crippen molar-refractivity contribution in [3.63, 3.8) is 0 Å². The molecule has 2 atom stereocenters. The minimum atomic E-state index is -0.778. The van der Waals surface area contributed by atoms with Gasteiger partial charge in [0.1, 0.15) is 6.17 Å². The fourth-order valence-electron chi connectivity index (χ4n) is 5.22. The highest BCUT2D eigenvalue weighted by atomic mass is 35.5. The summed E-state index contributed by atoms with van der Waals surface area (Å²) in [7, 11) is 2.74. The number of hydrogen-bond acceptors (Lipinski definition) is 9. The molecule has 3 saturated heterocycles. The van der Waals surface area contributed by atoms with E-state index < -0.39 is 24.5 Å². The van der Waals surface area contributed by atoms with Crippen LogP contribution in [0, 0.1) is 12.8 Å². The van der Waals surface area contributed by atoms with Gasteiger partial charge in [-0.2, -0.15) is 5.10 Å². The largest absolute Gasteiger partial charge is 0.495 e. The van der Waals surface area contributed by atoms with E-state index in [9.17, 15) is 14.0 Å². The van der Waals surface area contributed by atoms with Gasteiger partial charge in [-0.25, -0.2) is 9.07 Å². The van der Waals surface area contributed by atoms with E-state index >= 15 is 0 Å². The molecule has 1 aromatic heterocycles. The lowest BCUT2D eigenvalue weighted by Crippen LogP contribution is -2.41. The van der Waals surface area contributed by atoms with Crippen LogP contribution in [-0.4, -0.2) is 98.1 Å². The van der Waals surface area contributed by atoms with Gasteiger partial charge in [-0.15, -0.1) is 0 Å². The molecular weight excluding hydrogens is 702 g/mol. The molecule has 4 aliphatic rings. The third-order valence-electron chi connectivity index (χ3n) is 9.40. The number of amides is 1. The van der Waals surface area contributed by atoms with E-state index in [1.165, 1.54) is 24.8 Å². The Morgan fingerprint density at radius 3 is 2.08 bits per heavy atom. The van der Waals surface area contributed by atoms with Crippen molar-refractivity contribution in [3.8, 4) is 0 Å². The lowest BCUT2D eigenvalue weighted by molar-refractivity contribution is -0.128. The molecule has 11 nitrogen and oxygen atoms in total. The Labute approximate surface area is 325 Å². The van der Waals surface area contributed by atoms with E-state index in [2.05, 4.69) is 43.3 Å². The summed E-state index contributed by atoms with van der Waals surface area (Å²) < 4.78 is 42.1. The van der Waals surface area contributed by atoms with Gasteiger partial charge in [-0.3, -0.25) is 9.59 Å². The molecule has 1 saturated carbocycles. The van der Waals surface area contributed by atoms with E-state index in [0.717, 1.165) is 60.1 Å². The highest BCUT2D eigenvalue weighted by Crippen LogP contribution is 2.38. The second-order valence-electron chi connectivity index (χ2n) is 14.8. The first-order valence-corrected chi connectivity index (χ1v) is 19.1. The number of ether oxygens (including phenoxy) is 3. The van der Waals surface area contributed by atoms with Gasteiger partial charge in [-0.1, -0.05) is 45.7 Å². The molecule has 1 aromatic carbocycles. The Balaban J connectivity index is 0.000000819. The smallest absolute Gasteiger partial charge is 0.468 e. The van der Waals surface area contributed by atoms with Crippen LogP contribution in [0.3, 0.4) is 0 Å². The number of nitrogens with two attached hydrogens (primary N) is 1. The molecule has 0 radical (unpaired) electrons. The maximum atomic E-state index is 12.2. The molecule has 4 heterocycles. The first-order chi connectivity index (χ1) is 24.5. The van der Waals surface area contributed by atoms with Crippen molar-refractivity contribution >= 4 is 48.0 Å². The third-order valence-corrected chi connectivity index (χ3v) is 9.79. The maximum absolute atomic E-state index is 12.2. The molecular formula is C39H71BClFN4O7. The lowest BCUT2D eigenvalue weighted by Gasteiger charge is -2.32. The number of alkyl halides is 1. The van der Waals surface area contributed by atoms with Crippen LogP contribution in [0.1, 0.15) is 126 Å². The predicted molar refractivity (Wildman–Crippen MR) is 215 cm³/mol. The Morgan fingerprint density at radius 2 is 1.66 bits per heavy atom. The molecule has 2 N–H and O–H groups in total. The number of carbonyl (C=O) groups excluding carboxylic acids is 2. The Morgan fingerprint density at radius 1 is 1.08 bits per heavy atom. The number of fused-ring (bicyclic) bond motifs is 1. The van der Waals surface area contributed by atoms with E-state index in [-0.39, 0.29) is 19.3 Å². The van der Waals surface area contributed by atoms with Crippen LogP contribution < -0.4 is 11.2 Å². The number of aromatic nitrogens is 2. The number of likely N-dealkylation sites (tertiary alicyclic amines) is 1. The van der Waals surface area contributed by atoms with E-state index in [4.69, 9.17) is 30.4 Å². The van der Waals surface area contributed by atoms with E-state index in [0.29, 0.717) is 44.0 Å². The summed E-state index contributed by atoms with van der Waals surface area (Å²) in [6.45, 7) is 23.1. The first kappa shape index (κ1) is 50.7. The fraction of sp³-hybridized carbons (Fsp3) is 0.769. The molecule has 2 aromatic rings. The minimum Gasteiger partial charge on any atom is -0.468 e. The molecule has 3 aliphatic heterocycles. The molecule has 4 fully saturated rings. The predicted octanol–water partition coefficient (Wildman–Crippen LogP) is 7.81. The van der Waals surface area contributed by atoms with Crippen molar-refractivity contribution in [3.05, 3.63) is 22.8 Å². The van der Waals surface area contributed by atoms with E-state index in [1.807, 2.05) is 58.5 Å². The summed E-state index contributed by atoms with van der Waals surface area (Å²) in [6, 6.07) is 1.98. The zero-order valence-electron chi connectivity index (χ0n) is 33.9. The SMILES string of the molecule is C.CC.CN.COC(C)(C)C.Cc1c(Cl)cc2c(cnn2C2CCCCO2)c1B1OC(C)(C)C(C)(C)O1.O=CN1CC[C@H](F)C1.O=COCCC1CC1. The van der Waals surface area contributed by atoms with Gasteiger partial charge in [0.2, 0.25) is 6.41 Å². The zero-order valence-corrected chi connectivity index (χ0v) is 34.7. The summed E-state index contributed by atoms with van der Waals surface area (Å²) in [5.74, 6) is 0.870. The van der Waals surface area contributed by atoms with Gasteiger partial charge in [0.15, 0.2) is 6.23 Å². The van der Waals surface area contributed by atoms with Crippen molar-refractivity contribution in [2.75, 3.05) is 40.5 Å². The molecule has 306 valence electrons. The van der Waals surface area contributed by atoms with Crippen LogP contribution in [0.4, 0.5) is 4.39 Å². The maximum Gasteiger partial charge on any atom is 0.495 e. The Bertz CT molecular complexity index is 1320. The standard InChI is InChI=1S/C19H26BClN2O3.C6H10O2.C5H8FNO.C5H12O.C2H6.CH5N.CH4/c1-12-14(21)10-15-13(11-22-23(15)16-8-6-7-9-24-16)17(12)20-25-18(2,3)19(4,5)26-20;7-5-8-4-3-6-1-2-6;6-5-1-2-7(3-5)4-8;1-5(2,3)6-4;2*1-2;/h10-11,16H,6-9H2,1-5H3;5-6H,1-4H2;4-5H,1-3H2;1-4H3;1-2H3;2H2,1H3;1H4/t;;5-;;;;/m..0..../s1. The quantitative estimate of drug-likeness (QED) is 0.170. The number of halogens is 2. The van der Waals surface area contributed by atoms with Crippen LogP contribution in [0.2, 0.25) is 5.02 Å². The van der Waals surface area contributed by atoms with Gasteiger partial charge in [0.25, 0.3) is 6.47 Å². The number of nitrogens with zero attached hydrogens (tertiary/aromatic N) is 3. The molecule has 0 bridgehead atoms. The highest BCUT2D eigenvalue weighted by Gasteiger charge is 2.52. The van der Waals surface area contributed by atoms with Crippen LogP contribution in [0.15, 0.2) is 12.3 Å². The number of benzene rings is 1. The molecule has 1 aliphatic carbocycles. The second kappa shape index (κ2) is 24.3. The monoisotopic (exact) mass is 773 g/mol. The minimum absolute atomic E-state index is 0. The van der Waals surface area contributed by atoms with E-state index in [1.54, 1.807) is 7.11 Å². The number of hydrogen-bond donors (Lipinski definition) is 1. The van der Waals surface area contributed by atoms with Crippen LogP contribution >= 0.6 is 11.6 Å². The zero-order chi connectivity index (χ0) is 39.7. The van der Waals surface area contributed by atoms with Gasteiger partial charge in [-0.05, 0) is 118 Å². The number of carbonyl (C=O) groups is 2. The van der Waals surface area contributed by atoms with Crippen molar-refractivity contribution in [2.45, 2.75) is 151 Å². The van der Waals surface area contributed by atoms with Crippen LogP contribution in [0.5, 0.6) is 0 Å². The van der Waals surface area contributed by atoms with Gasteiger partial charge >= 0.3 is 7.12 Å². The van der Waals surface area contributed by atoms with Gasteiger partial charge in [0, 0.05) is 30.7 Å². The second-order valence-corrected chi connectivity index (χ2v) is 15.2. The fourth-order valence-corrected chi connectivity index (χ4v) is 5.43. The molecule has 53 heavy (non-hydrogen) atoms. The average Bonchev–Trinajstić information content (AvgIpc) is 3.62. The lowest BCUT2D eigenvalue weighted by atomic mass is 9.74. The molecule has 6 rings (SSSR count). The Hall–Kier alpha value is -2.29. The van der Waals surface area contributed by atoms with Crippen molar-refractivity contribution < 1.29 is 37.5 Å². The Kier molecular flexibility index (Phi) is 23.2. The number of rotatable bonds is 7. The van der Waals surface area contributed by atoms with Gasteiger partial charge < -0.3 is 34.2 Å². The summed E-state index contributed by atoms with van der Waals surface area (Å²) in [5, 5.41) is 6.34. The molecule has 1 amide bonds. The normalized spacial score (nSPS) is 21.0. The summed E-state index contributed by atoms with van der Waals surface area (Å²) >= 11 is 6.59. The highest BCUT2D eigenvalue weighted by molar-refractivity contribution is 6.66. The van der Waals surface area contributed by atoms with Crippen molar-refractivity contribution in [1.82, 2.24) is 14.7 Å². The van der Waals surface area contributed by atoms with Crippen molar-refractivity contribution in [2.24, 2.45) is 11.7 Å². The number of methoxy groups -OCH3 is 1. The third kappa shape index (κ3) is 16.2.